The summed E-state index contributed by atoms with van der Waals surface area (Å²) in [6, 6.07) is 20.8. The number of fused-ring (bicyclic) bond motifs is 1. The summed E-state index contributed by atoms with van der Waals surface area (Å²) < 4.78 is 5.85. The zero-order valence-electron chi connectivity index (χ0n) is 16.1. The van der Waals surface area contributed by atoms with Crippen LogP contribution in [0.25, 0.3) is 17.4 Å². The number of carbonyl (C=O) groups excluding carboxylic acids is 1. The van der Waals surface area contributed by atoms with Gasteiger partial charge in [-0.15, -0.1) is 0 Å². The van der Waals surface area contributed by atoms with E-state index in [0.29, 0.717) is 28.1 Å². The molecule has 31 heavy (non-hydrogen) atoms. The van der Waals surface area contributed by atoms with Crippen LogP contribution in [-0.4, -0.2) is 27.0 Å². The van der Waals surface area contributed by atoms with E-state index < -0.39 is 5.91 Å². The molecule has 1 amide bonds. The number of halogens is 1. The summed E-state index contributed by atoms with van der Waals surface area (Å²) in [4.78, 5) is 16.7. The van der Waals surface area contributed by atoms with Crippen LogP contribution in [0, 0.1) is 5.41 Å². The summed E-state index contributed by atoms with van der Waals surface area (Å²) >= 11 is 7.23. The fourth-order valence-corrected chi connectivity index (χ4v) is 4.26. The van der Waals surface area contributed by atoms with Gasteiger partial charge in [-0.2, -0.15) is 15.1 Å². The van der Waals surface area contributed by atoms with Crippen LogP contribution in [0.4, 0.5) is 0 Å². The minimum atomic E-state index is -0.482. The number of nitrogens with zero attached hydrogens (tertiary/aromatic N) is 3. The van der Waals surface area contributed by atoms with Crippen molar-refractivity contribution in [3.63, 3.8) is 0 Å². The Bertz CT molecular complexity index is 1280. The van der Waals surface area contributed by atoms with Gasteiger partial charge in [0.25, 0.3) is 5.91 Å². The lowest BCUT2D eigenvalue weighted by Gasteiger charge is -2.19. The molecule has 8 heteroatoms. The molecule has 0 bridgehead atoms. The number of aliphatic imine (C=N–C) groups is 1. The Morgan fingerprint density at radius 1 is 1.06 bits per heavy atom. The number of hydrogen-bond acceptors (Lipinski definition) is 5. The number of amides is 1. The molecule has 1 N–H and O–H groups in total. The number of nitrogens with one attached hydrogen (secondary N) is 1. The molecular weight excluding hydrogens is 432 g/mol. The number of hydrazone groups is 1. The van der Waals surface area contributed by atoms with E-state index in [1.807, 2.05) is 60.7 Å². The molecule has 0 unspecified atom stereocenters. The van der Waals surface area contributed by atoms with Crippen LogP contribution < -0.4 is 0 Å². The highest BCUT2D eigenvalue weighted by Gasteiger charge is 2.35. The predicted octanol–water partition coefficient (Wildman–Crippen LogP) is 5.46. The summed E-state index contributed by atoms with van der Waals surface area (Å²) in [7, 11) is 0. The smallest absolute Gasteiger partial charge is 0.283 e. The van der Waals surface area contributed by atoms with Gasteiger partial charge in [0.2, 0.25) is 5.17 Å². The van der Waals surface area contributed by atoms with E-state index in [2.05, 4.69) is 10.1 Å². The van der Waals surface area contributed by atoms with Crippen molar-refractivity contribution in [2.24, 2.45) is 10.1 Å². The Labute approximate surface area is 187 Å². The van der Waals surface area contributed by atoms with E-state index in [1.54, 1.807) is 6.07 Å². The number of amidine groups is 2. The molecule has 5 rings (SSSR count). The van der Waals surface area contributed by atoms with E-state index in [0.717, 1.165) is 16.2 Å². The average molecular weight is 447 g/mol. The van der Waals surface area contributed by atoms with Gasteiger partial charge in [0.15, 0.2) is 5.84 Å². The first-order valence-electron chi connectivity index (χ1n) is 9.45. The zero-order chi connectivity index (χ0) is 21.4. The Morgan fingerprint density at radius 2 is 1.84 bits per heavy atom. The van der Waals surface area contributed by atoms with Crippen molar-refractivity contribution in [1.82, 2.24) is 5.01 Å². The summed E-state index contributed by atoms with van der Waals surface area (Å²) in [6.45, 7) is 0. The molecule has 0 saturated carbocycles. The lowest BCUT2D eigenvalue weighted by molar-refractivity contribution is -0.114. The largest absolute Gasteiger partial charge is 0.457 e. The monoisotopic (exact) mass is 446 g/mol. The summed E-state index contributed by atoms with van der Waals surface area (Å²) in [5.41, 5.74) is 2.11. The van der Waals surface area contributed by atoms with Crippen molar-refractivity contribution in [2.45, 2.75) is 6.42 Å². The summed E-state index contributed by atoms with van der Waals surface area (Å²) in [5, 5.41) is 16.2. The molecule has 2 aliphatic heterocycles. The fourth-order valence-electron chi connectivity index (χ4n) is 3.21. The van der Waals surface area contributed by atoms with Crippen LogP contribution in [0.5, 0.6) is 0 Å². The van der Waals surface area contributed by atoms with E-state index in [9.17, 15) is 4.79 Å². The molecule has 0 saturated heterocycles. The number of rotatable bonds is 4. The molecule has 0 atom stereocenters. The molecule has 2 aliphatic rings. The molecule has 0 aliphatic carbocycles. The molecule has 3 aromatic rings. The molecule has 6 nitrogen and oxygen atoms in total. The van der Waals surface area contributed by atoms with Crippen LogP contribution in [0.1, 0.15) is 11.3 Å². The molecule has 0 radical (unpaired) electrons. The van der Waals surface area contributed by atoms with Gasteiger partial charge in [-0.1, -0.05) is 54.1 Å². The quantitative estimate of drug-likeness (QED) is 0.539. The third-order valence-corrected chi connectivity index (χ3v) is 5.90. The van der Waals surface area contributed by atoms with Crippen molar-refractivity contribution < 1.29 is 9.21 Å². The Hall–Kier alpha value is -3.42. The van der Waals surface area contributed by atoms with E-state index in [-0.39, 0.29) is 11.4 Å². The highest BCUT2D eigenvalue weighted by atomic mass is 35.5. The van der Waals surface area contributed by atoms with E-state index in [4.69, 9.17) is 21.4 Å². The van der Waals surface area contributed by atoms with Crippen LogP contribution in [0.15, 0.2) is 86.8 Å². The number of furan rings is 1. The third-order valence-electron chi connectivity index (χ3n) is 4.74. The third kappa shape index (κ3) is 3.97. The first-order valence-corrected chi connectivity index (χ1v) is 10.6. The second-order valence-corrected chi connectivity index (χ2v) is 8.36. The standard InChI is InChI=1S/C23H15ClN4O2S/c24-16-8-6-14(7-9-16)12-20-27-28-21(25)18(22(29)26-23(28)31-20)13-17-10-11-19(30-17)15-4-2-1-3-5-15/h1-11,13,25H,12H2/b18-13-,25-21?. The van der Waals surface area contributed by atoms with Crippen molar-refractivity contribution in [3.05, 3.63) is 88.6 Å². The number of hydrogen-bond donors (Lipinski definition) is 1. The Balaban J connectivity index is 1.39. The van der Waals surface area contributed by atoms with Crippen LogP contribution in [0.3, 0.4) is 0 Å². The fraction of sp³-hybridized carbons (Fsp3) is 0.0435. The lowest BCUT2D eigenvalue weighted by Crippen LogP contribution is -2.35. The maximum atomic E-state index is 12.6. The summed E-state index contributed by atoms with van der Waals surface area (Å²) in [6.07, 6.45) is 2.10. The van der Waals surface area contributed by atoms with Gasteiger partial charge in [-0.25, -0.2) is 0 Å². The Morgan fingerprint density at radius 3 is 2.61 bits per heavy atom. The van der Waals surface area contributed by atoms with Crippen molar-refractivity contribution in [2.75, 3.05) is 0 Å². The van der Waals surface area contributed by atoms with Crippen molar-refractivity contribution in [1.29, 1.82) is 5.41 Å². The van der Waals surface area contributed by atoms with Gasteiger partial charge in [-0.3, -0.25) is 10.2 Å². The minimum absolute atomic E-state index is 0.0220. The molecule has 3 heterocycles. The van der Waals surface area contributed by atoms with Gasteiger partial charge in [0.1, 0.15) is 16.6 Å². The van der Waals surface area contributed by atoms with E-state index >= 15 is 0 Å². The van der Waals surface area contributed by atoms with Gasteiger partial charge >= 0.3 is 0 Å². The maximum Gasteiger partial charge on any atom is 0.283 e. The highest BCUT2D eigenvalue weighted by Crippen LogP contribution is 2.30. The summed E-state index contributed by atoms with van der Waals surface area (Å²) in [5.74, 6) is 0.657. The van der Waals surface area contributed by atoms with Crippen molar-refractivity contribution in [3.8, 4) is 11.3 Å². The number of thioether (sulfide) groups is 1. The molecule has 2 aromatic carbocycles. The number of carbonyl (C=O) groups is 1. The molecule has 152 valence electrons. The zero-order valence-corrected chi connectivity index (χ0v) is 17.7. The van der Waals surface area contributed by atoms with Crippen LogP contribution in [-0.2, 0) is 11.2 Å². The maximum absolute atomic E-state index is 12.6. The van der Waals surface area contributed by atoms with Gasteiger partial charge < -0.3 is 4.42 Å². The van der Waals surface area contributed by atoms with Crippen LogP contribution in [0.2, 0.25) is 5.02 Å². The number of benzene rings is 2. The van der Waals surface area contributed by atoms with Crippen molar-refractivity contribution >= 4 is 51.4 Å². The average Bonchev–Trinajstić information content (AvgIpc) is 3.40. The molecule has 0 spiro atoms. The molecular formula is C23H15ClN4O2S. The Kier molecular flexibility index (Phi) is 5.05. The van der Waals surface area contributed by atoms with Gasteiger partial charge in [0, 0.05) is 17.0 Å². The first kappa shape index (κ1) is 19.5. The van der Waals surface area contributed by atoms with E-state index in [1.165, 1.54) is 22.8 Å². The van der Waals surface area contributed by atoms with Crippen LogP contribution >= 0.6 is 23.4 Å². The predicted molar refractivity (Wildman–Crippen MR) is 124 cm³/mol. The lowest BCUT2D eigenvalue weighted by atomic mass is 10.1. The molecule has 0 fully saturated rings. The minimum Gasteiger partial charge on any atom is -0.457 e. The second kappa shape index (κ2) is 8.02. The first-order chi connectivity index (χ1) is 15.1. The molecule has 1 aromatic heterocycles. The topological polar surface area (TPSA) is 82.0 Å². The van der Waals surface area contributed by atoms with Gasteiger partial charge in [-0.05, 0) is 47.7 Å². The highest BCUT2D eigenvalue weighted by molar-refractivity contribution is 8.26. The van der Waals surface area contributed by atoms with Gasteiger partial charge in [0.05, 0.1) is 5.57 Å². The SMILES string of the molecule is N=C1/C(=C/c2ccc(-c3ccccc3)o2)C(=O)N=C2SC(Cc3ccc(Cl)cc3)=NN12. The second-order valence-electron chi connectivity index (χ2n) is 6.89. The normalized spacial score (nSPS) is 17.1.